The fourth-order valence-corrected chi connectivity index (χ4v) is 3.90. The van der Waals surface area contributed by atoms with E-state index in [4.69, 9.17) is 5.73 Å². The van der Waals surface area contributed by atoms with Gasteiger partial charge in [0.2, 0.25) is 0 Å². The second-order valence-corrected chi connectivity index (χ2v) is 7.62. The van der Waals surface area contributed by atoms with Crippen LogP contribution in [0.3, 0.4) is 0 Å². The number of hydrogen-bond acceptors (Lipinski definition) is 4. The molecule has 1 aliphatic heterocycles. The van der Waals surface area contributed by atoms with E-state index >= 15 is 0 Å². The van der Waals surface area contributed by atoms with Crippen LogP contribution in [0.1, 0.15) is 25.7 Å². The Labute approximate surface area is 98.1 Å². The topological polar surface area (TPSA) is 63.4 Å². The van der Waals surface area contributed by atoms with E-state index in [2.05, 4.69) is 4.90 Å². The van der Waals surface area contributed by atoms with Crippen molar-refractivity contribution in [1.29, 1.82) is 0 Å². The van der Waals surface area contributed by atoms with Crippen molar-refractivity contribution in [3.8, 4) is 0 Å². The minimum atomic E-state index is -2.77. The highest BCUT2D eigenvalue weighted by Gasteiger charge is 2.43. The van der Waals surface area contributed by atoms with Crippen LogP contribution in [0.5, 0.6) is 0 Å². The Kier molecular flexibility index (Phi) is 3.56. The first-order valence-electron chi connectivity index (χ1n) is 6.18. The number of rotatable bonds is 4. The van der Waals surface area contributed by atoms with Crippen molar-refractivity contribution >= 4 is 9.84 Å². The van der Waals surface area contributed by atoms with Crippen LogP contribution in [0, 0.1) is 5.41 Å². The molecule has 0 radical (unpaired) electrons. The van der Waals surface area contributed by atoms with Crippen LogP contribution in [0.15, 0.2) is 0 Å². The zero-order valence-corrected chi connectivity index (χ0v) is 10.6. The molecule has 16 heavy (non-hydrogen) atoms. The maximum Gasteiger partial charge on any atom is 0.151 e. The van der Waals surface area contributed by atoms with E-state index in [1.165, 1.54) is 12.8 Å². The Morgan fingerprint density at radius 1 is 1.19 bits per heavy atom. The quantitative estimate of drug-likeness (QED) is 0.771. The molecule has 0 amide bonds. The Balaban J connectivity index is 1.87. The van der Waals surface area contributed by atoms with Crippen LogP contribution < -0.4 is 5.73 Å². The van der Waals surface area contributed by atoms with Gasteiger partial charge in [0.05, 0.1) is 11.5 Å². The number of sulfone groups is 1. The third-order valence-corrected chi connectivity index (χ3v) is 5.55. The van der Waals surface area contributed by atoms with Crippen LogP contribution in [0.25, 0.3) is 0 Å². The van der Waals surface area contributed by atoms with Gasteiger partial charge in [-0.05, 0) is 44.2 Å². The Morgan fingerprint density at radius 3 is 2.56 bits per heavy atom. The molecule has 94 valence electrons. The molecule has 2 N–H and O–H groups in total. The highest BCUT2D eigenvalue weighted by Crippen LogP contribution is 2.49. The molecular weight excluding hydrogens is 224 g/mol. The fraction of sp³-hybridized carbons (Fsp3) is 1.00. The minimum Gasteiger partial charge on any atom is -0.330 e. The molecule has 1 saturated heterocycles. The predicted octanol–water partition coefficient (Wildman–Crippen LogP) is 0.236. The van der Waals surface area contributed by atoms with Gasteiger partial charge in [-0.3, -0.25) is 0 Å². The van der Waals surface area contributed by atoms with Gasteiger partial charge in [0.25, 0.3) is 0 Å². The Bertz CT molecular complexity index is 336. The molecule has 0 aromatic rings. The molecule has 1 aliphatic carbocycles. The molecule has 2 aliphatic rings. The molecule has 0 atom stereocenters. The molecule has 0 unspecified atom stereocenters. The largest absolute Gasteiger partial charge is 0.330 e. The summed E-state index contributed by atoms with van der Waals surface area (Å²) < 4.78 is 23.0. The molecule has 2 fully saturated rings. The highest BCUT2D eigenvalue weighted by molar-refractivity contribution is 7.91. The standard InChI is InChI=1S/C11H22N2O2S/c12-5-4-11(2-3-11)10-13-6-1-8-16(14,15)9-7-13/h1-10,12H2. The van der Waals surface area contributed by atoms with Crippen LogP contribution in [-0.4, -0.2) is 51.0 Å². The molecule has 0 aromatic carbocycles. The fourth-order valence-electron chi connectivity index (χ4n) is 2.59. The lowest BCUT2D eigenvalue weighted by molar-refractivity contribution is 0.228. The summed E-state index contributed by atoms with van der Waals surface area (Å²) in [6.07, 6.45) is 4.43. The first kappa shape index (κ1) is 12.3. The molecular formula is C11H22N2O2S. The van der Waals surface area contributed by atoms with Crippen LogP contribution in [-0.2, 0) is 9.84 Å². The van der Waals surface area contributed by atoms with Crippen molar-refractivity contribution in [3.63, 3.8) is 0 Å². The van der Waals surface area contributed by atoms with E-state index in [1.54, 1.807) is 0 Å². The molecule has 2 rings (SSSR count). The second-order valence-electron chi connectivity index (χ2n) is 5.32. The SMILES string of the molecule is NCCC1(CN2CCCS(=O)(=O)CC2)CC1. The molecule has 0 aromatic heterocycles. The molecule has 1 saturated carbocycles. The average molecular weight is 246 g/mol. The van der Waals surface area contributed by atoms with Gasteiger partial charge in [-0.1, -0.05) is 0 Å². The first-order valence-corrected chi connectivity index (χ1v) is 8.00. The van der Waals surface area contributed by atoms with E-state index in [1.807, 2.05) is 0 Å². The van der Waals surface area contributed by atoms with Gasteiger partial charge in [0.15, 0.2) is 9.84 Å². The summed E-state index contributed by atoms with van der Waals surface area (Å²) in [6.45, 7) is 3.46. The van der Waals surface area contributed by atoms with E-state index in [-0.39, 0.29) is 0 Å². The average Bonchev–Trinajstić information content (AvgIpc) is 2.96. The number of nitrogens with zero attached hydrogens (tertiary/aromatic N) is 1. The van der Waals surface area contributed by atoms with Gasteiger partial charge in [0.1, 0.15) is 0 Å². The first-order chi connectivity index (χ1) is 7.55. The highest BCUT2D eigenvalue weighted by atomic mass is 32.2. The maximum atomic E-state index is 11.5. The van der Waals surface area contributed by atoms with Crippen molar-refractivity contribution < 1.29 is 8.42 Å². The summed E-state index contributed by atoms with van der Waals surface area (Å²) in [5.41, 5.74) is 6.05. The van der Waals surface area contributed by atoms with E-state index in [0.717, 1.165) is 32.5 Å². The summed E-state index contributed by atoms with van der Waals surface area (Å²) in [5.74, 6) is 0.707. The maximum absolute atomic E-state index is 11.5. The van der Waals surface area contributed by atoms with Gasteiger partial charge < -0.3 is 10.6 Å². The van der Waals surface area contributed by atoms with Gasteiger partial charge in [-0.2, -0.15) is 0 Å². The van der Waals surface area contributed by atoms with Gasteiger partial charge in [-0.25, -0.2) is 8.42 Å². The third kappa shape index (κ3) is 3.18. The Hall–Kier alpha value is -0.130. The molecule has 1 heterocycles. The van der Waals surface area contributed by atoms with Gasteiger partial charge >= 0.3 is 0 Å². The zero-order valence-electron chi connectivity index (χ0n) is 9.82. The lowest BCUT2D eigenvalue weighted by atomic mass is 10.0. The zero-order chi connectivity index (χ0) is 11.6. The van der Waals surface area contributed by atoms with Crippen LogP contribution in [0.4, 0.5) is 0 Å². The monoisotopic (exact) mass is 246 g/mol. The number of hydrogen-bond donors (Lipinski definition) is 1. The van der Waals surface area contributed by atoms with E-state index < -0.39 is 9.84 Å². The Morgan fingerprint density at radius 2 is 1.94 bits per heavy atom. The van der Waals surface area contributed by atoms with E-state index in [0.29, 0.717) is 23.5 Å². The van der Waals surface area contributed by atoms with Crippen molar-refractivity contribution in [2.45, 2.75) is 25.7 Å². The van der Waals surface area contributed by atoms with Gasteiger partial charge in [-0.15, -0.1) is 0 Å². The van der Waals surface area contributed by atoms with Crippen molar-refractivity contribution in [2.75, 3.05) is 37.7 Å². The summed E-state index contributed by atoms with van der Waals surface area (Å²) in [5, 5.41) is 0. The summed E-state index contributed by atoms with van der Waals surface area (Å²) in [4.78, 5) is 2.33. The van der Waals surface area contributed by atoms with Crippen molar-refractivity contribution in [2.24, 2.45) is 11.1 Å². The van der Waals surface area contributed by atoms with Crippen molar-refractivity contribution in [3.05, 3.63) is 0 Å². The van der Waals surface area contributed by atoms with E-state index in [9.17, 15) is 8.42 Å². The van der Waals surface area contributed by atoms with Crippen molar-refractivity contribution in [1.82, 2.24) is 4.90 Å². The smallest absolute Gasteiger partial charge is 0.151 e. The predicted molar refractivity (Wildman–Crippen MR) is 65.0 cm³/mol. The lowest BCUT2D eigenvalue weighted by Gasteiger charge is -2.25. The number of nitrogens with two attached hydrogens (primary N) is 1. The summed E-state index contributed by atoms with van der Waals surface area (Å²) in [6, 6.07) is 0. The second kappa shape index (κ2) is 4.63. The van der Waals surface area contributed by atoms with Gasteiger partial charge in [0, 0.05) is 13.1 Å². The molecule has 4 nitrogen and oxygen atoms in total. The summed E-state index contributed by atoms with van der Waals surface area (Å²) >= 11 is 0. The molecule has 0 bridgehead atoms. The molecule has 0 spiro atoms. The normalized spacial score (nSPS) is 28.6. The lowest BCUT2D eigenvalue weighted by Crippen LogP contribution is -2.33. The summed E-state index contributed by atoms with van der Waals surface area (Å²) in [7, 11) is -2.77. The van der Waals surface area contributed by atoms with Crippen LogP contribution >= 0.6 is 0 Å². The third-order valence-electron chi connectivity index (χ3n) is 3.84. The minimum absolute atomic E-state index is 0.339. The molecule has 5 heteroatoms. The van der Waals surface area contributed by atoms with Crippen LogP contribution in [0.2, 0.25) is 0 Å².